The van der Waals surface area contributed by atoms with Gasteiger partial charge in [0.05, 0.1) is 0 Å². The van der Waals surface area contributed by atoms with Gasteiger partial charge in [-0.3, -0.25) is 0 Å². The molecule has 0 heteroatoms. The average molecular weight is 751 g/mol. The Balaban J connectivity index is -0.000000292. The molecule has 0 bridgehead atoms. The minimum absolute atomic E-state index is 0. The molecule has 0 saturated heterocycles. The van der Waals surface area contributed by atoms with Crippen LogP contribution in [0, 0.1) is 35.5 Å². The zero-order valence-corrected chi connectivity index (χ0v) is 39.5. The monoisotopic (exact) mass is 751 g/mol. The molecule has 0 spiro atoms. The second kappa shape index (κ2) is 50.0. The van der Waals surface area contributed by atoms with Crippen LogP contribution >= 0.6 is 0 Å². The molecule has 5 rings (SSSR count). The normalized spacial score (nSPS) is 24.2. The van der Waals surface area contributed by atoms with Crippen molar-refractivity contribution in [1.29, 1.82) is 0 Å². The Morgan fingerprint density at radius 1 is 0.189 bits per heavy atom. The van der Waals surface area contributed by atoms with E-state index in [9.17, 15) is 0 Å². The molecule has 0 aromatic carbocycles. The second-order valence-corrected chi connectivity index (χ2v) is 17.2. The highest BCUT2D eigenvalue weighted by atomic mass is 14.3. The molecule has 0 amide bonds. The van der Waals surface area contributed by atoms with Crippen molar-refractivity contribution in [2.45, 2.75) is 309 Å². The van der Waals surface area contributed by atoms with Crippen molar-refractivity contribution in [3.63, 3.8) is 0 Å². The van der Waals surface area contributed by atoms with Crippen molar-refractivity contribution in [3.05, 3.63) is 0 Å². The summed E-state index contributed by atoms with van der Waals surface area (Å²) in [5.41, 5.74) is 0. The first kappa shape index (κ1) is 59.7. The molecule has 5 saturated carbocycles. The predicted octanol–water partition coefficient (Wildman–Crippen LogP) is 20.8. The van der Waals surface area contributed by atoms with Gasteiger partial charge in [-0.05, 0) is 35.5 Å². The van der Waals surface area contributed by atoms with Crippen LogP contribution in [0.5, 0.6) is 0 Å². The van der Waals surface area contributed by atoms with Crippen LogP contribution in [0.1, 0.15) is 309 Å². The highest BCUT2D eigenvalue weighted by molar-refractivity contribution is 4.75. The van der Waals surface area contributed by atoms with Crippen molar-refractivity contribution >= 4 is 0 Å². The van der Waals surface area contributed by atoms with Crippen molar-refractivity contribution in [2.24, 2.45) is 35.5 Å². The summed E-state index contributed by atoms with van der Waals surface area (Å²) in [6, 6.07) is 0. The van der Waals surface area contributed by atoms with E-state index in [2.05, 4.69) is 27.7 Å². The maximum atomic E-state index is 2.45. The molecule has 0 unspecified atom stereocenters. The number of hydrogen-bond acceptors (Lipinski definition) is 0. The van der Waals surface area contributed by atoms with Gasteiger partial charge >= 0.3 is 0 Å². The third-order valence-electron chi connectivity index (χ3n) is 12.5. The third-order valence-corrected chi connectivity index (χ3v) is 12.5. The standard InChI is InChI=1S/C17H32.3C9H18.4C2H6.CH4/c1-15-9-7-13-17(14-8-10-15)16-11-5-3-2-4-6-12-16;3*1-9-7-5-3-2-4-6-8-9;4*1-2;/h15-17H,2-14H2,1H3;3*9H,2-8H2,1H3;4*1-2H3;1H4. The molecular formula is C53H114. The molecule has 0 atom stereocenters. The molecule has 326 valence electrons. The molecule has 0 heterocycles. The molecule has 0 N–H and O–H groups in total. The van der Waals surface area contributed by atoms with Crippen LogP contribution in [-0.4, -0.2) is 0 Å². The van der Waals surface area contributed by atoms with E-state index in [1.807, 2.05) is 55.4 Å². The van der Waals surface area contributed by atoms with E-state index in [1.54, 1.807) is 25.7 Å². The summed E-state index contributed by atoms with van der Waals surface area (Å²) in [6.45, 7) is 25.6. The van der Waals surface area contributed by atoms with E-state index >= 15 is 0 Å². The summed E-state index contributed by atoms with van der Waals surface area (Å²) in [5, 5.41) is 0. The summed E-state index contributed by atoms with van der Waals surface area (Å²) < 4.78 is 0. The van der Waals surface area contributed by atoms with Gasteiger partial charge in [0.15, 0.2) is 0 Å². The fraction of sp³-hybridized carbons (Fsp3) is 1.00. The lowest BCUT2D eigenvalue weighted by atomic mass is 9.75. The van der Waals surface area contributed by atoms with Gasteiger partial charge in [0.2, 0.25) is 0 Å². The summed E-state index contributed by atoms with van der Waals surface area (Å²) in [7, 11) is 0. The Kier molecular flexibility index (Phi) is 56.3. The lowest BCUT2D eigenvalue weighted by Gasteiger charge is -2.31. The first-order chi connectivity index (χ1) is 25.5. The third kappa shape index (κ3) is 41.5. The van der Waals surface area contributed by atoms with Crippen LogP contribution in [0.15, 0.2) is 0 Å². The van der Waals surface area contributed by atoms with Crippen LogP contribution in [-0.2, 0) is 0 Å². The van der Waals surface area contributed by atoms with Crippen LogP contribution < -0.4 is 0 Å². The Morgan fingerprint density at radius 3 is 0.528 bits per heavy atom. The molecular weight excluding hydrogens is 637 g/mol. The molecule has 0 aromatic rings. The molecule has 0 aromatic heterocycles. The Morgan fingerprint density at radius 2 is 0.321 bits per heavy atom. The molecule has 5 aliphatic rings. The zero-order chi connectivity index (χ0) is 39.5. The van der Waals surface area contributed by atoms with E-state index in [0.717, 1.165) is 35.5 Å². The molecule has 5 aliphatic carbocycles. The Bertz CT molecular complexity index is 503. The molecule has 53 heavy (non-hydrogen) atoms. The molecule has 0 radical (unpaired) electrons. The minimum atomic E-state index is 0. The van der Waals surface area contributed by atoms with E-state index < -0.39 is 0 Å². The highest BCUT2D eigenvalue weighted by Gasteiger charge is 2.23. The lowest BCUT2D eigenvalue weighted by Crippen LogP contribution is -2.18. The van der Waals surface area contributed by atoms with E-state index in [1.165, 1.54) is 193 Å². The van der Waals surface area contributed by atoms with Gasteiger partial charge in [0, 0.05) is 0 Å². The van der Waals surface area contributed by atoms with Crippen molar-refractivity contribution in [1.82, 2.24) is 0 Å². The molecule has 0 nitrogen and oxygen atoms in total. The predicted molar refractivity (Wildman–Crippen MR) is 253 cm³/mol. The number of hydrogen-bond donors (Lipinski definition) is 0. The van der Waals surface area contributed by atoms with Crippen LogP contribution in [0.25, 0.3) is 0 Å². The smallest absolute Gasteiger partial charge is 0.0386 e. The van der Waals surface area contributed by atoms with Crippen LogP contribution in [0.2, 0.25) is 0 Å². The number of rotatable bonds is 1. The first-order valence-electron chi connectivity index (χ1n) is 25.5. The van der Waals surface area contributed by atoms with E-state index in [0.29, 0.717) is 0 Å². The highest BCUT2D eigenvalue weighted by Crippen LogP contribution is 2.36. The topological polar surface area (TPSA) is 0 Å². The quantitative estimate of drug-likeness (QED) is 0.250. The Labute approximate surface area is 343 Å². The van der Waals surface area contributed by atoms with Gasteiger partial charge in [0.25, 0.3) is 0 Å². The lowest BCUT2D eigenvalue weighted by molar-refractivity contribution is 0.210. The largest absolute Gasteiger partial charge is 0.0776 e. The van der Waals surface area contributed by atoms with Crippen molar-refractivity contribution in [3.8, 4) is 0 Å². The summed E-state index contributed by atoms with van der Waals surface area (Å²) in [6.07, 6.45) is 51.1. The van der Waals surface area contributed by atoms with Crippen molar-refractivity contribution < 1.29 is 0 Å². The fourth-order valence-corrected chi connectivity index (χ4v) is 9.16. The summed E-state index contributed by atoms with van der Waals surface area (Å²) in [4.78, 5) is 0. The first-order valence-corrected chi connectivity index (χ1v) is 25.5. The molecule has 0 aliphatic heterocycles. The Hall–Kier alpha value is 0. The van der Waals surface area contributed by atoms with Gasteiger partial charge in [-0.25, -0.2) is 0 Å². The maximum Gasteiger partial charge on any atom is -0.0386 e. The van der Waals surface area contributed by atoms with Crippen molar-refractivity contribution in [2.75, 3.05) is 0 Å². The van der Waals surface area contributed by atoms with Gasteiger partial charge in [-0.2, -0.15) is 0 Å². The maximum absolute atomic E-state index is 2.45. The van der Waals surface area contributed by atoms with Gasteiger partial charge in [0.1, 0.15) is 0 Å². The minimum Gasteiger partial charge on any atom is -0.0776 e. The summed E-state index contributed by atoms with van der Waals surface area (Å²) >= 11 is 0. The van der Waals surface area contributed by atoms with Gasteiger partial charge in [-0.1, -0.05) is 309 Å². The second-order valence-electron chi connectivity index (χ2n) is 17.2. The zero-order valence-electron chi connectivity index (χ0n) is 39.5. The van der Waals surface area contributed by atoms with Gasteiger partial charge < -0.3 is 0 Å². The summed E-state index contributed by atoms with van der Waals surface area (Å²) in [5.74, 6) is 6.26. The fourth-order valence-electron chi connectivity index (χ4n) is 9.16. The van der Waals surface area contributed by atoms with Crippen LogP contribution in [0.4, 0.5) is 0 Å². The van der Waals surface area contributed by atoms with E-state index in [4.69, 9.17) is 0 Å². The SMILES string of the molecule is C.CC.CC.CC.CC.CC1CCCC(C2CCCCCCC2)CCC1.CC1CCCCCCC1.CC1CCCCCCC1.CC1CCCCCCC1. The van der Waals surface area contributed by atoms with Gasteiger partial charge in [-0.15, -0.1) is 0 Å². The molecule has 5 fully saturated rings. The average Bonchev–Trinajstić information content (AvgIpc) is 3.12. The van der Waals surface area contributed by atoms with E-state index in [-0.39, 0.29) is 7.43 Å². The van der Waals surface area contributed by atoms with Crippen LogP contribution in [0.3, 0.4) is 0 Å².